The van der Waals surface area contributed by atoms with E-state index in [2.05, 4.69) is 70.0 Å². The molecule has 3 aromatic heterocycles. The fourth-order valence-electron chi connectivity index (χ4n) is 4.11. The highest BCUT2D eigenvalue weighted by atomic mass is 14.9. The lowest BCUT2D eigenvalue weighted by atomic mass is 9.94. The van der Waals surface area contributed by atoms with Crippen molar-refractivity contribution in [2.45, 2.75) is 13.8 Å². The van der Waals surface area contributed by atoms with E-state index in [0.717, 1.165) is 50.0 Å². The Kier molecular flexibility index (Phi) is 4.50. The van der Waals surface area contributed by atoms with Crippen LogP contribution in [0.15, 0.2) is 91.5 Å². The minimum absolute atomic E-state index is 0.554. The SMILES string of the molecule is [2H]c1c(C)[n+](C)c(-c2cc(-c3cccnc3)ccc2C)c2ccc(-c3cccnc3)cc12. The van der Waals surface area contributed by atoms with Gasteiger partial charge in [0, 0.05) is 48.9 Å². The second-order valence-corrected chi connectivity index (χ2v) is 7.89. The van der Waals surface area contributed by atoms with E-state index >= 15 is 0 Å². The van der Waals surface area contributed by atoms with Gasteiger partial charge < -0.3 is 0 Å². The predicted octanol–water partition coefficient (Wildman–Crippen LogP) is 6.07. The summed E-state index contributed by atoms with van der Waals surface area (Å²) in [5.41, 5.74) is 8.76. The molecule has 0 radical (unpaired) electrons. The molecule has 150 valence electrons. The van der Waals surface area contributed by atoms with Crippen LogP contribution in [0.25, 0.3) is 44.3 Å². The van der Waals surface area contributed by atoms with E-state index in [9.17, 15) is 0 Å². The summed E-state index contributed by atoms with van der Waals surface area (Å²) < 4.78 is 11.0. The highest BCUT2D eigenvalue weighted by molar-refractivity contribution is 5.96. The molecule has 0 bridgehead atoms. The first kappa shape index (κ1) is 18.0. The van der Waals surface area contributed by atoms with Crippen molar-refractivity contribution in [1.82, 2.24) is 9.97 Å². The van der Waals surface area contributed by atoms with Gasteiger partial charge in [-0.2, -0.15) is 4.57 Å². The third-order valence-corrected chi connectivity index (χ3v) is 5.91. The zero-order valence-electron chi connectivity index (χ0n) is 18.9. The molecule has 0 N–H and O–H groups in total. The molecule has 0 aliphatic rings. The molecule has 0 unspecified atom stereocenters. The highest BCUT2D eigenvalue weighted by Gasteiger charge is 2.20. The van der Waals surface area contributed by atoms with Crippen molar-refractivity contribution in [3.63, 3.8) is 0 Å². The molecule has 0 saturated carbocycles. The lowest BCUT2D eigenvalue weighted by Crippen LogP contribution is -2.35. The molecule has 0 saturated heterocycles. The molecule has 0 atom stereocenters. The number of aromatic nitrogens is 3. The Morgan fingerprint density at radius 1 is 0.774 bits per heavy atom. The number of aryl methyl sites for hydroxylation is 1. The van der Waals surface area contributed by atoms with E-state index in [1.54, 1.807) is 12.4 Å². The molecule has 5 aromatic rings. The van der Waals surface area contributed by atoms with E-state index < -0.39 is 0 Å². The number of rotatable bonds is 3. The van der Waals surface area contributed by atoms with E-state index in [1.165, 1.54) is 5.56 Å². The summed E-state index contributed by atoms with van der Waals surface area (Å²) in [4.78, 5) is 8.54. The van der Waals surface area contributed by atoms with Gasteiger partial charge in [0.15, 0.2) is 5.69 Å². The number of hydrogen-bond donors (Lipinski definition) is 0. The van der Waals surface area contributed by atoms with Crippen molar-refractivity contribution in [3.8, 4) is 33.5 Å². The van der Waals surface area contributed by atoms with Crippen LogP contribution in [-0.2, 0) is 7.05 Å². The molecule has 3 nitrogen and oxygen atoms in total. The summed E-state index contributed by atoms with van der Waals surface area (Å²) in [6.45, 7) is 4.16. The summed E-state index contributed by atoms with van der Waals surface area (Å²) in [6.07, 6.45) is 7.33. The van der Waals surface area contributed by atoms with Gasteiger partial charge in [0.1, 0.15) is 7.05 Å². The van der Waals surface area contributed by atoms with Gasteiger partial charge in [-0.25, -0.2) is 0 Å². The van der Waals surface area contributed by atoms with Crippen molar-refractivity contribution in [2.24, 2.45) is 7.05 Å². The first-order chi connectivity index (χ1) is 15.5. The number of benzene rings is 2. The van der Waals surface area contributed by atoms with Gasteiger partial charge in [-0.1, -0.05) is 30.3 Å². The first-order valence-electron chi connectivity index (χ1n) is 10.9. The Bertz CT molecular complexity index is 1450. The molecule has 0 aliphatic carbocycles. The maximum Gasteiger partial charge on any atom is 0.220 e. The zero-order chi connectivity index (χ0) is 22.2. The summed E-state index contributed by atoms with van der Waals surface area (Å²) in [5.74, 6) is 0. The van der Waals surface area contributed by atoms with Gasteiger partial charge in [-0.3, -0.25) is 9.97 Å². The van der Waals surface area contributed by atoms with E-state index in [4.69, 9.17) is 1.37 Å². The Morgan fingerprint density at radius 2 is 1.42 bits per heavy atom. The molecule has 31 heavy (non-hydrogen) atoms. The Morgan fingerprint density at radius 3 is 2.06 bits per heavy atom. The third-order valence-electron chi connectivity index (χ3n) is 5.91. The minimum Gasteiger partial charge on any atom is -0.264 e. The van der Waals surface area contributed by atoms with Crippen LogP contribution in [0.1, 0.15) is 12.6 Å². The minimum atomic E-state index is 0.554. The summed E-state index contributed by atoms with van der Waals surface area (Å²) in [5, 5.41) is 2.02. The predicted molar refractivity (Wildman–Crippen MR) is 126 cm³/mol. The van der Waals surface area contributed by atoms with Crippen molar-refractivity contribution in [2.75, 3.05) is 0 Å². The maximum atomic E-state index is 8.83. The average molecular weight is 404 g/mol. The molecule has 2 aromatic carbocycles. The van der Waals surface area contributed by atoms with Gasteiger partial charge in [0.2, 0.25) is 5.69 Å². The van der Waals surface area contributed by atoms with Crippen LogP contribution in [0.3, 0.4) is 0 Å². The standard InChI is InChI=1S/C28H24N3/c1-19-8-9-22(24-7-5-13-30-18-24)16-27(19)28-26-11-10-21(23-6-4-12-29-17-23)15-25(26)14-20(2)31(28)3/h4-18H,1-3H3/q+1/i14D. The van der Waals surface area contributed by atoms with Crippen LogP contribution in [-0.4, -0.2) is 9.97 Å². The first-order valence-corrected chi connectivity index (χ1v) is 10.4. The summed E-state index contributed by atoms with van der Waals surface area (Å²) >= 11 is 0. The van der Waals surface area contributed by atoms with Gasteiger partial charge in [-0.05, 0) is 59.3 Å². The van der Waals surface area contributed by atoms with Crippen molar-refractivity contribution < 1.29 is 5.94 Å². The topological polar surface area (TPSA) is 29.7 Å². The summed E-state index contributed by atoms with van der Waals surface area (Å²) in [7, 11) is 2.05. The highest BCUT2D eigenvalue weighted by Crippen LogP contribution is 2.33. The van der Waals surface area contributed by atoms with Crippen LogP contribution in [0, 0.1) is 13.8 Å². The Labute approximate surface area is 184 Å². The fourth-order valence-corrected chi connectivity index (χ4v) is 4.11. The van der Waals surface area contributed by atoms with Gasteiger partial charge in [-0.15, -0.1) is 0 Å². The zero-order valence-corrected chi connectivity index (χ0v) is 17.9. The normalized spacial score (nSPS) is 11.5. The maximum absolute atomic E-state index is 8.83. The number of nitrogens with zero attached hydrogens (tertiary/aromatic N) is 3. The van der Waals surface area contributed by atoms with Crippen LogP contribution in [0.4, 0.5) is 0 Å². The molecule has 0 aliphatic heterocycles. The van der Waals surface area contributed by atoms with Crippen LogP contribution >= 0.6 is 0 Å². The second kappa shape index (κ2) is 7.77. The van der Waals surface area contributed by atoms with E-state index in [0.29, 0.717) is 6.04 Å². The lowest BCUT2D eigenvalue weighted by molar-refractivity contribution is -0.665. The van der Waals surface area contributed by atoms with Crippen molar-refractivity contribution in [3.05, 3.63) is 103 Å². The fraction of sp³-hybridized carbons (Fsp3) is 0.107. The van der Waals surface area contributed by atoms with Crippen molar-refractivity contribution in [1.29, 1.82) is 0 Å². The average Bonchev–Trinajstić information content (AvgIpc) is 2.85. The molecule has 5 rings (SSSR count). The largest absolute Gasteiger partial charge is 0.264 e. The number of fused-ring (bicyclic) bond motifs is 1. The quantitative estimate of drug-likeness (QED) is 0.342. The number of pyridine rings is 3. The van der Waals surface area contributed by atoms with E-state index in [1.807, 2.05) is 38.5 Å². The molecule has 3 heterocycles. The number of hydrogen-bond acceptors (Lipinski definition) is 2. The van der Waals surface area contributed by atoms with Gasteiger partial charge in [0.05, 0.1) is 12.3 Å². The molecule has 3 heteroatoms. The third kappa shape index (κ3) is 3.49. The Balaban J connectivity index is 1.78. The monoisotopic (exact) mass is 403 g/mol. The van der Waals surface area contributed by atoms with Crippen molar-refractivity contribution >= 4 is 10.8 Å². The van der Waals surface area contributed by atoms with E-state index in [-0.39, 0.29) is 0 Å². The van der Waals surface area contributed by atoms with Gasteiger partial charge >= 0.3 is 0 Å². The smallest absolute Gasteiger partial charge is 0.220 e. The molecular formula is C28H24N3+. The molecule has 0 amide bonds. The molecule has 0 spiro atoms. The van der Waals surface area contributed by atoms with Crippen LogP contribution in [0.2, 0.25) is 0 Å². The Hall–Kier alpha value is -3.85. The summed E-state index contributed by atoms with van der Waals surface area (Å²) in [6, 6.07) is 21.5. The van der Waals surface area contributed by atoms with Gasteiger partial charge in [0.25, 0.3) is 0 Å². The second-order valence-electron chi connectivity index (χ2n) is 7.89. The molecule has 0 fully saturated rings. The lowest BCUT2D eigenvalue weighted by Gasteiger charge is -2.13. The van der Waals surface area contributed by atoms with Crippen LogP contribution in [0.5, 0.6) is 0 Å². The molecular weight excluding hydrogens is 378 g/mol. The van der Waals surface area contributed by atoms with Crippen LogP contribution < -0.4 is 4.57 Å².